The number of nitrogens with one attached hydrogen (secondary N) is 1. The average Bonchev–Trinajstić information content (AvgIpc) is 2.85. The van der Waals surface area contributed by atoms with Crippen LogP contribution in [-0.2, 0) is 4.74 Å². The Morgan fingerprint density at radius 1 is 1.38 bits per heavy atom. The number of nitrogens with two attached hydrogens (primary N) is 1. The number of hydrogen-bond donors (Lipinski definition) is 2. The van der Waals surface area contributed by atoms with Gasteiger partial charge in [0.15, 0.2) is 0 Å². The van der Waals surface area contributed by atoms with E-state index in [0.717, 1.165) is 17.8 Å². The molecule has 3 nitrogen and oxygen atoms in total. The summed E-state index contributed by atoms with van der Waals surface area (Å²) in [6.07, 6.45) is 4.47. The summed E-state index contributed by atoms with van der Waals surface area (Å²) in [6, 6.07) is 6.49. The van der Waals surface area contributed by atoms with Crippen LogP contribution < -0.4 is 11.1 Å². The quantitative estimate of drug-likeness (QED) is 0.749. The van der Waals surface area contributed by atoms with Gasteiger partial charge in [-0.1, -0.05) is 6.07 Å². The number of fused-ring (bicyclic) bond motifs is 2. The van der Waals surface area contributed by atoms with E-state index >= 15 is 0 Å². The minimum absolute atomic E-state index is 0.408. The molecule has 3 N–H and O–H groups in total. The molecule has 0 aromatic heterocycles. The first-order chi connectivity index (χ1) is 7.72. The van der Waals surface area contributed by atoms with Crippen LogP contribution in [0.25, 0.3) is 0 Å². The lowest BCUT2D eigenvalue weighted by Crippen LogP contribution is -2.30. The van der Waals surface area contributed by atoms with Crippen molar-refractivity contribution in [3.8, 4) is 0 Å². The third kappa shape index (κ3) is 1.65. The summed E-state index contributed by atoms with van der Waals surface area (Å²) in [7, 11) is 0. The Bertz CT molecular complexity index is 405. The van der Waals surface area contributed by atoms with E-state index < -0.39 is 0 Å². The van der Waals surface area contributed by atoms with E-state index in [-0.39, 0.29) is 0 Å². The van der Waals surface area contributed by atoms with E-state index in [2.05, 4.69) is 18.3 Å². The molecule has 1 aromatic carbocycles. The number of rotatable bonds is 2. The lowest BCUT2D eigenvalue weighted by molar-refractivity contribution is 0.102. The topological polar surface area (TPSA) is 47.3 Å². The van der Waals surface area contributed by atoms with Gasteiger partial charge in [-0.3, -0.25) is 0 Å². The smallest absolute Gasteiger partial charge is 0.0781 e. The summed E-state index contributed by atoms with van der Waals surface area (Å²) in [5.41, 5.74) is 9.02. The number of ether oxygens (including phenoxy) is 1. The number of anilines is 2. The van der Waals surface area contributed by atoms with Crippen LogP contribution in [0.4, 0.5) is 11.4 Å². The Kier molecular flexibility index (Phi) is 2.28. The van der Waals surface area contributed by atoms with Crippen LogP contribution >= 0.6 is 0 Å². The van der Waals surface area contributed by atoms with Crippen LogP contribution in [-0.4, -0.2) is 18.2 Å². The van der Waals surface area contributed by atoms with Gasteiger partial charge in [-0.25, -0.2) is 0 Å². The van der Waals surface area contributed by atoms with Crippen molar-refractivity contribution >= 4 is 11.4 Å². The number of benzene rings is 1. The van der Waals surface area contributed by atoms with Gasteiger partial charge in [0.05, 0.1) is 18.2 Å². The van der Waals surface area contributed by atoms with Gasteiger partial charge in [-0.05, 0) is 43.9 Å². The molecule has 3 heteroatoms. The fourth-order valence-electron chi connectivity index (χ4n) is 2.78. The maximum atomic E-state index is 5.83. The van der Waals surface area contributed by atoms with Crippen LogP contribution in [0.2, 0.25) is 0 Å². The van der Waals surface area contributed by atoms with E-state index in [1.54, 1.807) is 0 Å². The summed E-state index contributed by atoms with van der Waals surface area (Å²) in [6.45, 7) is 2.11. The van der Waals surface area contributed by atoms with Crippen LogP contribution in [0.5, 0.6) is 0 Å². The maximum absolute atomic E-state index is 5.83. The van der Waals surface area contributed by atoms with Crippen LogP contribution in [0.3, 0.4) is 0 Å². The van der Waals surface area contributed by atoms with Crippen molar-refractivity contribution < 1.29 is 4.74 Å². The molecule has 3 unspecified atom stereocenters. The highest BCUT2D eigenvalue weighted by Gasteiger charge is 2.40. The second kappa shape index (κ2) is 3.67. The highest BCUT2D eigenvalue weighted by Crippen LogP contribution is 2.36. The van der Waals surface area contributed by atoms with E-state index in [4.69, 9.17) is 10.5 Å². The standard InChI is InChI=1S/C13H18N2O/c1-8-2-3-9(14)6-11(8)15-12-7-10-4-5-13(12)16-10/h2-3,6,10,12-13,15H,4-5,7,14H2,1H3. The van der Waals surface area contributed by atoms with E-state index in [9.17, 15) is 0 Å². The van der Waals surface area contributed by atoms with Crippen molar-refractivity contribution in [3.63, 3.8) is 0 Å². The van der Waals surface area contributed by atoms with Crippen LogP contribution in [0, 0.1) is 6.92 Å². The van der Waals surface area contributed by atoms with Gasteiger partial charge < -0.3 is 15.8 Å². The van der Waals surface area contributed by atoms with E-state index in [1.807, 2.05) is 12.1 Å². The molecule has 1 aromatic rings. The van der Waals surface area contributed by atoms with Gasteiger partial charge in [0, 0.05) is 11.4 Å². The monoisotopic (exact) mass is 218 g/mol. The van der Waals surface area contributed by atoms with Gasteiger partial charge >= 0.3 is 0 Å². The molecule has 0 spiro atoms. The molecule has 16 heavy (non-hydrogen) atoms. The summed E-state index contributed by atoms with van der Waals surface area (Å²) < 4.78 is 5.83. The first-order valence-corrected chi connectivity index (χ1v) is 6.00. The first kappa shape index (κ1) is 9.97. The summed E-state index contributed by atoms with van der Waals surface area (Å²) in [4.78, 5) is 0. The van der Waals surface area contributed by atoms with Crippen molar-refractivity contribution in [2.24, 2.45) is 0 Å². The zero-order valence-electron chi connectivity index (χ0n) is 9.57. The summed E-state index contributed by atoms with van der Waals surface area (Å²) >= 11 is 0. The zero-order chi connectivity index (χ0) is 11.1. The molecule has 2 aliphatic heterocycles. The molecule has 3 atom stereocenters. The van der Waals surface area contributed by atoms with Crippen LogP contribution in [0.15, 0.2) is 18.2 Å². The molecule has 0 aliphatic carbocycles. The van der Waals surface area contributed by atoms with Gasteiger partial charge in [-0.15, -0.1) is 0 Å². The van der Waals surface area contributed by atoms with E-state index in [1.165, 1.54) is 18.4 Å². The first-order valence-electron chi connectivity index (χ1n) is 6.00. The van der Waals surface area contributed by atoms with Gasteiger partial charge in [0.25, 0.3) is 0 Å². The van der Waals surface area contributed by atoms with Crippen molar-refractivity contribution in [3.05, 3.63) is 23.8 Å². The molecule has 0 radical (unpaired) electrons. The molecular weight excluding hydrogens is 200 g/mol. The third-order valence-electron chi connectivity index (χ3n) is 3.71. The molecule has 2 aliphatic rings. The summed E-state index contributed by atoms with van der Waals surface area (Å²) in [5.74, 6) is 0. The number of aryl methyl sites for hydroxylation is 1. The number of hydrogen-bond acceptors (Lipinski definition) is 3. The minimum atomic E-state index is 0.408. The Hall–Kier alpha value is -1.22. The predicted molar refractivity (Wildman–Crippen MR) is 65.5 cm³/mol. The van der Waals surface area contributed by atoms with Gasteiger partial charge in [-0.2, -0.15) is 0 Å². The summed E-state index contributed by atoms with van der Waals surface area (Å²) in [5, 5.41) is 3.58. The molecule has 0 saturated carbocycles. The normalized spacial score (nSPS) is 31.9. The highest BCUT2D eigenvalue weighted by molar-refractivity contribution is 5.59. The Balaban J connectivity index is 1.76. The Labute approximate surface area is 96.0 Å². The van der Waals surface area contributed by atoms with E-state index in [0.29, 0.717) is 18.2 Å². The van der Waals surface area contributed by atoms with Crippen molar-refractivity contribution in [2.75, 3.05) is 11.1 Å². The largest absolute Gasteiger partial charge is 0.399 e. The molecule has 86 valence electrons. The maximum Gasteiger partial charge on any atom is 0.0781 e. The molecule has 2 heterocycles. The molecule has 2 fully saturated rings. The molecule has 2 saturated heterocycles. The van der Waals surface area contributed by atoms with Crippen LogP contribution in [0.1, 0.15) is 24.8 Å². The zero-order valence-corrected chi connectivity index (χ0v) is 9.57. The highest BCUT2D eigenvalue weighted by atomic mass is 16.5. The SMILES string of the molecule is Cc1ccc(N)cc1NC1CC2CCC1O2. The second-order valence-electron chi connectivity index (χ2n) is 4.93. The fourth-order valence-corrected chi connectivity index (χ4v) is 2.78. The van der Waals surface area contributed by atoms with Crippen molar-refractivity contribution in [1.29, 1.82) is 0 Å². The minimum Gasteiger partial charge on any atom is -0.399 e. The Morgan fingerprint density at radius 2 is 2.25 bits per heavy atom. The predicted octanol–water partition coefficient (Wildman–Crippen LogP) is 2.31. The second-order valence-corrected chi connectivity index (χ2v) is 4.93. The molecular formula is C13H18N2O. The molecule has 0 amide bonds. The van der Waals surface area contributed by atoms with Gasteiger partial charge in [0.1, 0.15) is 0 Å². The lowest BCUT2D eigenvalue weighted by atomic mass is 9.95. The lowest BCUT2D eigenvalue weighted by Gasteiger charge is -2.22. The molecule has 3 rings (SSSR count). The fraction of sp³-hybridized carbons (Fsp3) is 0.538. The third-order valence-corrected chi connectivity index (χ3v) is 3.71. The Morgan fingerprint density at radius 3 is 2.94 bits per heavy atom. The van der Waals surface area contributed by atoms with Crippen molar-refractivity contribution in [1.82, 2.24) is 0 Å². The number of nitrogen functional groups attached to an aromatic ring is 1. The molecule has 2 bridgehead atoms. The van der Waals surface area contributed by atoms with Crippen molar-refractivity contribution in [2.45, 2.75) is 44.4 Å². The average molecular weight is 218 g/mol. The van der Waals surface area contributed by atoms with Gasteiger partial charge in [0.2, 0.25) is 0 Å².